The maximum absolute atomic E-state index is 5.15. The van der Waals surface area contributed by atoms with Crippen LogP contribution in [0.3, 0.4) is 0 Å². The number of hydrogen-bond donors (Lipinski definition) is 1. The van der Waals surface area contributed by atoms with E-state index in [1.54, 1.807) is 0 Å². The molecule has 0 saturated carbocycles. The summed E-state index contributed by atoms with van der Waals surface area (Å²) in [6.45, 7) is 4.78. The Morgan fingerprint density at radius 2 is 1.26 bits per heavy atom. The smallest absolute Gasteiger partial charge is 0.169 e. The minimum absolute atomic E-state index is 0.110. The van der Waals surface area contributed by atoms with Gasteiger partial charge in [0.05, 0.1) is 0 Å². The van der Waals surface area contributed by atoms with Gasteiger partial charge in [-0.2, -0.15) is 0 Å². The molecule has 0 radical (unpaired) electrons. The van der Waals surface area contributed by atoms with Crippen LogP contribution in [-0.4, -0.2) is 11.7 Å². The zero-order valence-electron chi connectivity index (χ0n) is 30.6. The lowest BCUT2D eigenvalue weighted by molar-refractivity contribution is 0.470. The van der Waals surface area contributed by atoms with Gasteiger partial charge in [0.15, 0.2) is 6.17 Å². The van der Waals surface area contributed by atoms with Crippen LogP contribution in [0.1, 0.15) is 77.2 Å². The first-order chi connectivity index (χ1) is 26.5. The van der Waals surface area contributed by atoms with Gasteiger partial charge in [0, 0.05) is 22.5 Å². The summed E-state index contributed by atoms with van der Waals surface area (Å²) in [6, 6.07) is 45.9. The van der Waals surface area contributed by atoms with E-state index < -0.39 is 0 Å². The van der Waals surface area contributed by atoms with Crippen molar-refractivity contribution in [2.45, 2.75) is 38.3 Å². The van der Waals surface area contributed by atoms with Crippen molar-refractivity contribution >= 4 is 44.9 Å². The van der Waals surface area contributed by atoms with Crippen LogP contribution in [0.15, 0.2) is 185 Å². The molecule has 0 spiro atoms. The van der Waals surface area contributed by atoms with E-state index in [4.69, 9.17) is 9.98 Å². The van der Waals surface area contributed by atoms with Crippen molar-refractivity contribution in [1.82, 2.24) is 5.32 Å². The van der Waals surface area contributed by atoms with Crippen LogP contribution in [0.5, 0.6) is 0 Å². The highest BCUT2D eigenvalue weighted by atomic mass is 15.2. The Kier molecular flexibility index (Phi) is 7.76. The number of fused-ring (bicyclic) bond motifs is 7. The number of amidine groups is 2. The van der Waals surface area contributed by atoms with Crippen LogP contribution in [0.2, 0.25) is 0 Å². The van der Waals surface area contributed by atoms with Crippen molar-refractivity contribution in [2.24, 2.45) is 15.4 Å². The molecule has 3 nitrogen and oxygen atoms in total. The molecular weight excluding hydrogens is 655 g/mol. The quantitative estimate of drug-likeness (QED) is 0.179. The Bertz CT molecular complexity index is 2620. The van der Waals surface area contributed by atoms with Crippen LogP contribution in [0, 0.1) is 5.41 Å². The number of nitrogens with zero attached hydrogens (tertiary/aromatic N) is 2. The third-order valence-electron chi connectivity index (χ3n) is 11.9. The third kappa shape index (κ3) is 5.34. The number of aliphatic imine (C=N–C) groups is 2. The standard InChI is InChI=1S/C51H41N3/c1-33-14-13-22-44-42-21-10-9-20-41(42)43-29-27-38(32-45(43)46(33)44)40-30-28-39-19-11-12-31-51(39,2)47(40)34-23-25-37(26-24-34)50-53-48(35-15-5-3-6-16-35)52-49(54-50)36-17-7-4-8-18-36/h3-13,15-33,47,50H,14H2,1-2H3,(H,52,53,54). The van der Waals surface area contributed by atoms with Gasteiger partial charge < -0.3 is 5.32 Å². The zero-order valence-corrected chi connectivity index (χ0v) is 30.6. The van der Waals surface area contributed by atoms with Crippen LogP contribution in [0.4, 0.5) is 0 Å². The van der Waals surface area contributed by atoms with Gasteiger partial charge in [0.1, 0.15) is 11.7 Å². The summed E-state index contributed by atoms with van der Waals surface area (Å²) >= 11 is 0. The average molecular weight is 696 g/mol. The first-order valence-electron chi connectivity index (χ1n) is 19.1. The van der Waals surface area contributed by atoms with Gasteiger partial charge >= 0.3 is 0 Å². The van der Waals surface area contributed by atoms with Gasteiger partial charge in [-0.05, 0) is 78.9 Å². The second kappa shape index (κ2) is 13.0. The fourth-order valence-electron chi connectivity index (χ4n) is 9.16. The molecule has 1 aliphatic heterocycles. The van der Waals surface area contributed by atoms with E-state index in [1.807, 2.05) is 12.1 Å². The van der Waals surface area contributed by atoms with Gasteiger partial charge in [0.2, 0.25) is 0 Å². The molecule has 6 aromatic carbocycles. The molecule has 0 bridgehead atoms. The minimum Gasteiger partial charge on any atom is -0.324 e. The van der Waals surface area contributed by atoms with Gasteiger partial charge in [-0.1, -0.05) is 184 Å². The van der Waals surface area contributed by atoms with E-state index >= 15 is 0 Å². The van der Waals surface area contributed by atoms with Gasteiger partial charge in [0.25, 0.3) is 0 Å². The molecule has 6 aromatic rings. The Hall–Kier alpha value is -6.32. The molecule has 1 heterocycles. The maximum atomic E-state index is 5.15. The Morgan fingerprint density at radius 1 is 0.611 bits per heavy atom. The molecule has 0 fully saturated rings. The van der Waals surface area contributed by atoms with E-state index in [-0.39, 0.29) is 17.5 Å². The number of allylic oxidation sites excluding steroid dienone is 9. The van der Waals surface area contributed by atoms with Crippen molar-refractivity contribution in [3.63, 3.8) is 0 Å². The third-order valence-corrected chi connectivity index (χ3v) is 11.9. The van der Waals surface area contributed by atoms with E-state index in [0.717, 1.165) is 34.8 Å². The summed E-state index contributed by atoms with van der Waals surface area (Å²) in [4.78, 5) is 10.3. The molecule has 0 amide bonds. The van der Waals surface area contributed by atoms with Crippen LogP contribution < -0.4 is 5.32 Å². The molecule has 3 unspecified atom stereocenters. The largest absolute Gasteiger partial charge is 0.324 e. The van der Waals surface area contributed by atoms with E-state index in [1.165, 1.54) is 54.9 Å². The molecule has 1 N–H and O–H groups in total. The fraction of sp³-hybridized carbons (Fsp3) is 0.137. The monoisotopic (exact) mass is 695 g/mol. The van der Waals surface area contributed by atoms with Crippen LogP contribution in [0.25, 0.3) is 33.2 Å². The number of hydrogen-bond acceptors (Lipinski definition) is 3. The van der Waals surface area contributed by atoms with E-state index in [9.17, 15) is 0 Å². The Balaban J connectivity index is 1.09. The zero-order chi connectivity index (χ0) is 36.2. The molecule has 0 saturated heterocycles. The normalized spacial score (nSPS) is 21.8. The summed E-state index contributed by atoms with van der Waals surface area (Å²) in [5.74, 6) is 2.22. The highest BCUT2D eigenvalue weighted by Gasteiger charge is 2.41. The Morgan fingerprint density at radius 3 is 1.98 bits per heavy atom. The topological polar surface area (TPSA) is 36.8 Å². The van der Waals surface area contributed by atoms with Crippen molar-refractivity contribution in [3.8, 4) is 0 Å². The van der Waals surface area contributed by atoms with Crippen molar-refractivity contribution in [2.75, 3.05) is 0 Å². The second-order valence-electron chi connectivity index (χ2n) is 15.2. The molecule has 3 heteroatoms. The minimum atomic E-state index is -0.367. The molecule has 0 aromatic heterocycles. The number of benzene rings is 6. The number of nitrogens with one attached hydrogen (secondary N) is 1. The summed E-state index contributed by atoms with van der Waals surface area (Å²) in [7, 11) is 0. The summed E-state index contributed by atoms with van der Waals surface area (Å²) in [5, 5.41) is 8.90. The van der Waals surface area contributed by atoms with Gasteiger partial charge in [-0.15, -0.1) is 0 Å². The molecule has 54 heavy (non-hydrogen) atoms. The van der Waals surface area contributed by atoms with Crippen molar-refractivity contribution in [3.05, 3.63) is 214 Å². The fourth-order valence-corrected chi connectivity index (χ4v) is 9.16. The molecule has 10 rings (SSSR count). The summed E-state index contributed by atoms with van der Waals surface area (Å²) in [5.41, 5.74) is 11.0. The first-order valence-corrected chi connectivity index (χ1v) is 19.1. The lowest BCUT2D eigenvalue weighted by Gasteiger charge is -2.42. The van der Waals surface area contributed by atoms with Gasteiger partial charge in [-0.3, -0.25) is 0 Å². The number of rotatable bonds is 5. The second-order valence-corrected chi connectivity index (χ2v) is 15.2. The van der Waals surface area contributed by atoms with E-state index in [2.05, 4.69) is 183 Å². The van der Waals surface area contributed by atoms with Crippen molar-refractivity contribution in [1.29, 1.82) is 0 Å². The molecule has 3 atom stereocenters. The maximum Gasteiger partial charge on any atom is 0.169 e. The molecule has 4 aliphatic rings. The summed E-state index contributed by atoms with van der Waals surface area (Å²) < 4.78 is 0. The predicted octanol–water partition coefficient (Wildman–Crippen LogP) is 12.2. The molecular formula is C51H41N3. The van der Waals surface area contributed by atoms with Crippen molar-refractivity contribution < 1.29 is 0 Å². The SMILES string of the molecule is CC1CC=Cc2c1c1cc(C3=CC=C4C=CC=CC4(C)C3c3ccc(C4N=C(c5ccccc5)NC(c5ccccc5)=N4)cc3)ccc1c1ccccc21. The first kappa shape index (κ1) is 32.3. The highest BCUT2D eigenvalue weighted by molar-refractivity contribution is 6.16. The highest BCUT2D eigenvalue weighted by Crippen LogP contribution is 2.55. The summed E-state index contributed by atoms with van der Waals surface area (Å²) in [6.07, 6.45) is 19.2. The van der Waals surface area contributed by atoms with E-state index in [0.29, 0.717) is 5.92 Å². The predicted molar refractivity (Wildman–Crippen MR) is 227 cm³/mol. The van der Waals surface area contributed by atoms with Crippen LogP contribution in [-0.2, 0) is 0 Å². The lowest BCUT2D eigenvalue weighted by Crippen LogP contribution is -2.36. The average Bonchev–Trinajstić information content (AvgIpc) is 3.23. The molecule has 260 valence electrons. The van der Waals surface area contributed by atoms with Gasteiger partial charge in [-0.25, -0.2) is 9.98 Å². The molecule has 3 aliphatic carbocycles. The Labute approximate surface area is 317 Å². The lowest BCUT2D eigenvalue weighted by atomic mass is 9.61. The van der Waals surface area contributed by atoms with Crippen LogP contribution >= 0.6 is 0 Å².